The Morgan fingerprint density at radius 3 is 1.59 bits per heavy atom. The van der Waals surface area contributed by atoms with Gasteiger partial charge in [0.05, 0.1) is 16.0 Å². The van der Waals surface area contributed by atoms with Gasteiger partial charge in [-0.15, -0.1) is 0 Å². The molecule has 2 heteroatoms. The first kappa shape index (κ1) is 14.7. The van der Waals surface area contributed by atoms with E-state index in [2.05, 4.69) is 0 Å². The predicted octanol–water partition coefficient (Wildman–Crippen LogP) is 4.89. The molecule has 1 nitrogen and oxygen atoms in total. The predicted molar refractivity (Wildman–Crippen MR) is 92.3 cm³/mol. The molecular weight excluding hydrogens is 288 g/mol. The Hall–Kier alpha value is -2.19. The zero-order valence-electron chi connectivity index (χ0n) is 12.5. The second-order valence-electron chi connectivity index (χ2n) is 5.31. The first-order chi connectivity index (χ1) is 10.8. The van der Waals surface area contributed by atoms with Crippen LogP contribution in [0.15, 0.2) is 89.8 Å². The fraction of sp³-hybridized carbons (Fsp3) is 0.100. The summed E-state index contributed by atoms with van der Waals surface area (Å²) in [5.74, 6) is 0. The first-order valence-corrected chi connectivity index (χ1v) is 8.54. The summed E-state index contributed by atoms with van der Waals surface area (Å²) < 4.78 is 13.2. The van der Waals surface area contributed by atoms with Gasteiger partial charge in [0, 0.05) is 4.90 Å². The summed E-state index contributed by atoms with van der Waals surface area (Å²) in [6, 6.07) is 28.1. The molecule has 0 radical (unpaired) electrons. The normalized spacial score (nSPS) is 12.3. The molecule has 0 saturated carbocycles. The molecule has 1 atom stereocenters. The molecule has 1 unspecified atom stereocenters. The van der Waals surface area contributed by atoms with Crippen LogP contribution in [0.5, 0.6) is 0 Å². The highest BCUT2D eigenvalue weighted by Gasteiger charge is 2.22. The zero-order chi connectivity index (χ0) is 15.4. The summed E-state index contributed by atoms with van der Waals surface area (Å²) in [4.78, 5) is 0.864. The highest BCUT2D eigenvalue weighted by atomic mass is 32.2. The van der Waals surface area contributed by atoms with E-state index >= 15 is 0 Å². The molecular formula is C20H18OS. The third kappa shape index (κ3) is 3.18. The molecule has 0 aliphatic rings. The van der Waals surface area contributed by atoms with Crippen molar-refractivity contribution in [1.82, 2.24) is 0 Å². The molecule has 0 bridgehead atoms. The number of hydrogen-bond donors (Lipinski definition) is 0. The van der Waals surface area contributed by atoms with Crippen molar-refractivity contribution >= 4 is 10.8 Å². The summed E-state index contributed by atoms with van der Waals surface area (Å²) >= 11 is 0. The van der Waals surface area contributed by atoms with Crippen LogP contribution in [-0.2, 0) is 10.8 Å². The van der Waals surface area contributed by atoms with Crippen LogP contribution in [-0.4, -0.2) is 4.21 Å². The van der Waals surface area contributed by atoms with E-state index in [9.17, 15) is 4.21 Å². The lowest BCUT2D eigenvalue weighted by Crippen LogP contribution is -2.09. The van der Waals surface area contributed by atoms with Gasteiger partial charge in [-0.25, -0.2) is 0 Å². The van der Waals surface area contributed by atoms with Crippen LogP contribution in [0, 0.1) is 6.92 Å². The molecule has 3 aromatic carbocycles. The van der Waals surface area contributed by atoms with Crippen LogP contribution in [0.4, 0.5) is 0 Å². The monoisotopic (exact) mass is 306 g/mol. The van der Waals surface area contributed by atoms with Gasteiger partial charge in [-0.05, 0) is 30.2 Å². The molecule has 0 aromatic heterocycles. The Labute approximate surface area is 134 Å². The molecule has 0 N–H and O–H groups in total. The van der Waals surface area contributed by atoms with Gasteiger partial charge in [0.2, 0.25) is 0 Å². The van der Waals surface area contributed by atoms with Crippen molar-refractivity contribution in [3.05, 3.63) is 102 Å². The van der Waals surface area contributed by atoms with E-state index in [0.29, 0.717) is 0 Å². The second-order valence-corrected chi connectivity index (χ2v) is 6.85. The maximum absolute atomic E-state index is 13.2. The quantitative estimate of drug-likeness (QED) is 0.670. The maximum atomic E-state index is 13.2. The lowest BCUT2D eigenvalue weighted by molar-refractivity contribution is 0.678. The smallest absolute Gasteiger partial charge is 0.0893 e. The van der Waals surface area contributed by atoms with E-state index in [4.69, 9.17) is 0 Å². The average Bonchev–Trinajstić information content (AvgIpc) is 2.57. The molecule has 0 spiro atoms. The molecule has 0 fully saturated rings. The second kappa shape index (κ2) is 6.71. The van der Waals surface area contributed by atoms with E-state index in [1.807, 2.05) is 91.9 Å². The minimum Gasteiger partial charge on any atom is -0.253 e. The van der Waals surface area contributed by atoms with E-state index in [1.165, 1.54) is 5.56 Å². The minimum absolute atomic E-state index is 0.148. The van der Waals surface area contributed by atoms with Gasteiger partial charge in [-0.3, -0.25) is 4.21 Å². The Kier molecular flexibility index (Phi) is 4.50. The first-order valence-electron chi connectivity index (χ1n) is 7.33. The molecule has 3 rings (SSSR count). The van der Waals surface area contributed by atoms with Crippen LogP contribution in [0.2, 0.25) is 0 Å². The van der Waals surface area contributed by atoms with Crippen LogP contribution < -0.4 is 0 Å². The summed E-state index contributed by atoms with van der Waals surface area (Å²) in [6.07, 6.45) is 0. The maximum Gasteiger partial charge on any atom is 0.0893 e. The van der Waals surface area contributed by atoms with Gasteiger partial charge >= 0.3 is 0 Å². The SMILES string of the molecule is Cc1ccc(S(=O)C(c2ccccc2)c2ccccc2)cc1. The summed E-state index contributed by atoms with van der Waals surface area (Å²) in [6.45, 7) is 2.04. The van der Waals surface area contributed by atoms with Crippen LogP contribution in [0.25, 0.3) is 0 Å². The molecule has 0 aliphatic heterocycles. The van der Waals surface area contributed by atoms with Crippen molar-refractivity contribution in [3.63, 3.8) is 0 Å². The van der Waals surface area contributed by atoms with Crippen molar-refractivity contribution in [2.75, 3.05) is 0 Å². The van der Waals surface area contributed by atoms with Crippen molar-refractivity contribution < 1.29 is 4.21 Å². The van der Waals surface area contributed by atoms with Crippen LogP contribution in [0.1, 0.15) is 21.9 Å². The average molecular weight is 306 g/mol. The molecule has 0 aliphatic carbocycles. The van der Waals surface area contributed by atoms with Crippen molar-refractivity contribution in [2.24, 2.45) is 0 Å². The summed E-state index contributed by atoms with van der Waals surface area (Å²) in [7, 11) is -1.13. The Morgan fingerprint density at radius 1 is 0.682 bits per heavy atom. The van der Waals surface area contributed by atoms with Crippen molar-refractivity contribution in [1.29, 1.82) is 0 Å². The number of benzene rings is 3. The standard InChI is InChI=1S/C20H18OS/c1-16-12-14-19(15-13-16)22(21)20(17-8-4-2-5-9-17)18-10-6-3-7-11-18/h2-15,20H,1H3. The fourth-order valence-electron chi connectivity index (χ4n) is 2.50. The van der Waals surface area contributed by atoms with Crippen molar-refractivity contribution in [3.8, 4) is 0 Å². The van der Waals surface area contributed by atoms with Gasteiger partial charge < -0.3 is 0 Å². The zero-order valence-corrected chi connectivity index (χ0v) is 13.3. The topological polar surface area (TPSA) is 17.1 Å². The Bertz CT molecular complexity index is 709. The number of hydrogen-bond acceptors (Lipinski definition) is 1. The van der Waals surface area contributed by atoms with E-state index < -0.39 is 10.8 Å². The Morgan fingerprint density at radius 2 is 1.14 bits per heavy atom. The minimum atomic E-state index is -1.13. The summed E-state index contributed by atoms with van der Waals surface area (Å²) in [5.41, 5.74) is 3.33. The van der Waals surface area contributed by atoms with Gasteiger partial charge in [0.25, 0.3) is 0 Å². The van der Waals surface area contributed by atoms with E-state index in [-0.39, 0.29) is 5.25 Å². The summed E-state index contributed by atoms with van der Waals surface area (Å²) in [5, 5.41) is -0.148. The number of aryl methyl sites for hydroxylation is 1. The van der Waals surface area contributed by atoms with E-state index in [0.717, 1.165) is 16.0 Å². The molecule has 110 valence electrons. The number of rotatable bonds is 4. The third-order valence-electron chi connectivity index (χ3n) is 3.67. The van der Waals surface area contributed by atoms with E-state index in [1.54, 1.807) is 0 Å². The van der Waals surface area contributed by atoms with Crippen molar-refractivity contribution in [2.45, 2.75) is 17.1 Å². The highest BCUT2D eigenvalue weighted by Crippen LogP contribution is 2.31. The fourth-order valence-corrected chi connectivity index (χ4v) is 3.99. The third-order valence-corrected chi connectivity index (χ3v) is 5.38. The molecule has 22 heavy (non-hydrogen) atoms. The lowest BCUT2D eigenvalue weighted by atomic mass is 10.0. The van der Waals surface area contributed by atoms with Gasteiger partial charge in [0.15, 0.2) is 0 Å². The molecule has 0 saturated heterocycles. The molecule has 0 heterocycles. The molecule has 0 amide bonds. The van der Waals surface area contributed by atoms with Gasteiger partial charge in [0.1, 0.15) is 0 Å². The highest BCUT2D eigenvalue weighted by molar-refractivity contribution is 7.85. The van der Waals surface area contributed by atoms with Gasteiger partial charge in [-0.1, -0.05) is 78.4 Å². The lowest BCUT2D eigenvalue weighted by Gasteiger charge is -2.18. The van der Waals surface area contributed by atoms with Gasteiger partial charge in [-0.2, -0.15) is 0 Å². The van der Waals surface area contributed by atoms with Crippen LogP contribution in [0.3, 0.4) is 0 Å². The molecule has 3 aromatic rings. The largest absolute Gasteiger partial charge is 0.253 e. The Balaban J connectivity index is 2.06. The van der Waals surface area contributed by atoms with Crippen LogP contribution >= 0.6 is 0 Å².